The third kappa shape index (κ3) is 26.4. The molecule has 0 saturated heterocycles. The largest absolute Gasteiger partial charge is 1.00 e. The minimum Gasteiger partial charge on any atom is -1.00 e. The van der Waals surface area contributed by atoms with Gasteiger partial charge in [0.15, 0.2) is 0 Å². The van der Waals surface area contributed by atoms with Gasteiger partial charge in [0, 0.05) is 8.07 Å². The van der Waals surface area contributed by atoms with Crippen molar-refractivity contribution in [1.82, 2.24) is 0 Å². The molecule has 0 N–H and O–H groups in total. The molecule has 0 bridgehead atoms. The van der Waals surface area contributed by atoms with Gasteiger partial charge in [0.05, 0.1) is 27.2 Å². The minimum absolute atomic E-state index is 0. The lowest BCUT2D eigenvalue weighted by Gasteiger charge is -2.31. The van der Waals surface area contributed by atoms with Crippen molar-refractivity contribution in [3.05, 3.63) is 0 Å². The number of hydrogen-bond acceptors (Lipinski definition) is 0. The molecule has 0 aliphatic carbocycles. The van der Waals surface area contributed by atoms with E-state index in [1.54, 1.807) is 0 Å². The summed E-state index contributed by atoms with van der Waals surface area (Å²) in [5, 5.41) is 0. The molecule has 0 aliphatic heterocycles. The number of halogens is 1. The highest BCUT2D eigenvalue weighted by atomic mass is 35.5. The second-order valence-electron chi connectivity index (χ2n) is 11.4. The normalized spacial score (nSPS) is 12.2. The van der Waals surface area contributed by atoms with Crippen LogP contribution in [0.2, 0.25) is 25.7 Å². The Kier molecular flexibility index (Phi) is 22.2. The van der Waals surface area contributed by atoms with E-state index in [-0.39, 0.29) is 12.4 Å². The standard InChI is InChI=1S/C26H58NSi.ClH/c1-7-8-9-10-11-12-13-14-15-16-17-18-19-20-21-22-24-27(2,3)25-23-26-28(4,5)6;/h7-26H2,1-6H3;1H/q+1;/p-1. The van der Waals surface area contributed by atoms with Crippen LogP contribution < -0.4 is 12.4 Å². The Balaban J connectivity index is 0. The SMILES string of the molecule is CCCCCCCCCCCCCCCCCC[N+](C)(C)CCC[Si](C)(C)C.[Cl-]. The van der Waals surface area contributed by atoms with Gasteiger partial charge in [-0.15, -0.1) is 0 Å². The molecule has 178 valence electrons. The summed E-state index contributed by atoms with van der Waals surface area (Å²) in [7, 11) is 4.04. The van der Waals surface area contributed by atoms with Crippen molar-refractivity contribution in [3.8, 4) is 0 Å². The lowest BCUT2D eigenvalue weighted by molar-refractivity contribution is -0.890. The van der Waals surface area contributed by atoms with Crippen LogP contribution in [0.1, 0.15) is 116 Å². The summed E-state index contributed by atoms with van der Waals surface area (Å²) in [5.74, 6) is 0. The summed E-state index contributed by atoms with van der Waals surface area (Å²) in [6, 6.07) is 1.49. The molecule has 0 aliphatic rings. The van der Waals surface area contributed by atoms with E-state index in [1.807, 2.05) is 0 Å². The molecule has 0 heterocycles. The topological polar surface area (TPSA) is 0 Å². The van der Waals surface area contributed by atoms with Crippen molar-refractivity contribution in [2.75, 3.05) is 27.2 Å². The Morgan fingerprint density at radius 3 is 1.14 bits per heavy atom. The van der Waals surface area contributed by atoms with Crippen LogP contribution in [0.4, 0.5) is 0 Å². The predicted molar refractivity (Wildman–Crippen MR) is 134 cm³/mol. The zero-order valence-electron chi connectivity index (χ0n) is 21.5. The summed E-state index contributed by atoms with van der Waals surface area (Å²) in [6.45, 7) is 12.6. The van der Waals surface area contributed by atoms with Crippen LogP contribution >= 0.6 is 0 Å². The molecule has 0 saturated carbocycles. The maximum atomic E-state index is 2.50. The average Bonchev–Trinajstić information content (AvgIpc) is 2.60. The molecule has 3 heteroatoms. The summed E-state index contributed by atoms with van der Waals surface area (Å²) in [6.07, 6.45) is 24.9. The Hall–Kier alpha value is 0.467. The lowest BCUT2D eigenvalue weighted by Crippen LogP contribution is -3.00. The van der Waals surface area contributed by atoms with E-state index in [1.165, 1.54) is 133 Å². The van der Waals surface area contributed by atoms with Gasteiger partial charge in [-0.05, 0) is 19.3 Å². The molecule has 0 aromatic rings. The highest BCUT2D eigenvalue weighted by Gasteiger charge is 2.18. The third-order valence-corrected chi connectivity index (χ3v) is 8.16. The highest BCUT2D eigenvalue weighted by Crippen LogP contribution is 2.16. The number of nitrogens with zero attached hydrogens (tertiary/aromatic N) is 1. The average molecular weight is 448 g/mol. The van der Waals surface area contributed by atoms with Crippen LogP contribution in [0.3, 0.4) is 0 Å². The molecule has 0 amide bonds. The molecule has 0 radical (unpaired) electrons. The van der Waals surface area contributed by atoms with Crippen LogP contribution in [0.25, 0.3) is 0 Å². The first-order valence-corrected chi connectivity index (χ1v) is 16.8. The fourth-order valence-corrected chi connectivity index (χ4v) is 5.46. The molecule has 0 aromatic heterocycles. The zero-order chi connectivity index (χ0) is 21.1. The molecular formula is C26H58ClNSi. The van der Waals surface area contributed by atoms with Crippen molar-refractivity contribution >= 4 is 8.07 Å². The first kappa shape index (κ1) is 31.7. The Labute approximate surface area is 193 Å². The van der Waals surface area contributed by atoms with Gasteiger partial charge in [-0.2, -0.15) is 0 Å². The second-order valence-corrected chi connectivity index (χ2v) is 17.0. The van der Waals surface area contributed by atoms with Gasteiger partial charge >= 0.3 is 0 Å². The second kappa shape index (κ2) is 20.4. The monoisotopic (exact) mass is 447 g/mol. The number of quaternary nitrogens is 1. The van der Waals surface area contributed by atoms with Gasteiger partial charge in [-0.25, -0.2) is 0 Å². The van der Waals surface area contributed by atoms with E-state index >= 15 is 0 Å². The van der Waals surface area contributed by atoms with Crippen molar-refractivity contribution in [2.45, 2.75) is 142 Å². The summed E-state index contributed by atoms with van der Waals surface area (Å²) in [4.78, 5) is 0. The van der Waals surface area contributed by atoms with Crippen LogP contribution in [0, 0.1) is 0 Å². The molecule has 0 atom stereocenters. The van der Waals surface area contributed by atoms with E-state index in [4.69, 9.17) is 0 Å². The van der Waals surface area contributed by atoms with Crippen LogP contribution in [-0.2, 0) is 0 Å². The van der Waals surface area contributed by atoms with Crippen LogP contribution in [0.15, 0.2) is 0 Å². The van der Waals surface area contributed by atoms with Crippen molar-refractivity contribution in [3.63, 3.8) is 0 Å². The van der Waals surface area contributed by atoms with Crippen LogP contribution in [0.5, 0.6) is 0 Å². The van der Waals surface area contributed by atoms with Gasteiger partial charge in [-0.1, -0.05) is 123 Å². The molecule has 29 heavy (non-hydrogen) atoms. The fraction of sp³-hybridized carbons (Fsp3) is 1.00. The smallest absolute Gasteiger partial charge is 0.0782 e. The van der Waals surface area contributed by atoms with Crippen molar-refractivity contribution in [1.29, 1.82) is 0 Å². The summed E-state index contributed by atoms with van der Waals surface area (Å²) < 4.78 is 1.24. The van der Waals surface area contributed by atoms with Gasteiger partial charge in [0.1, 0.15) is 0 Å². The Morgan fingerprint density at radius 2 is 0.793 bits per heavy atom. The maximum Gasteiger partial charge on any atom is 0.0782 e. The molecule has 0 aromatic carbocycles. The molecule has 0 unspecified atom stereocenters. The van der Waals surface area contributed by atoms with E-state index in [0.717, 1.165) is 0 Å². The van der Waals surface area contributed by atoms with Crippen molar-refractivity contribution < 1.29 is 16.9 Å². The minimum atomic E-state index is -0.843. The number of unbranched alkanes of at least 4 members (excludes halogenated alkanes) is 15. The predicted octanol–water partition coefficient (Wildman–Crippen LogP) is 6.06. The molecule has 0 rings (SSSR count). The molecule has 0 fully saturated rings. The summed E-state index contributed by atoms with van der Waals surface area (Å²) >= 11 is 0. The molecule has 1 nitrogen and oxygen atoms in total. The Morgan fingerprint density at radius 1 is 0.483 bits per heavy atom. The van der Waals surface area contributed by atoms with Gasteiger partial charge in [0.2, 0.25) is 0 Å². The van der Waals surface area contributed by atoms with Crippen molar-refractivity contribution in [2.24, 2.45) is 0 Å². The molecule has 0 spiro atoms. The van der Waals surface area contributed by atoms with E-state index in [9.17, 15) is 0 Å². The first-order valence-electron chi connectivity index (χ1n) is 13.1. The highest BCUT2D eigenvalue weighted by molar-refractivity contribution is 6.76. The number of hydrogen-bond donors (Lipinski definition) is 0. The van der Waals surface area contributed by atoms with E-state index in [2.05, 4.69) is 40.7 Å². The summed E-state index contributed by atoms with van der Waals surface area (Å²) in [5.41, 5.74) is 0. The first-order chi connectivity index (χ1) is 13.3. The molecular weight excluding hydrogens is 390 g/mol. The number of rotatable bonds is 21. The van der Waals surface area contributed by atoms with E-state index < -0.39 is 8.07 Å². The quantitative estimate of drug-likeness (QED) is 0.114. The maximum absolute atomic E-state index is 2.50. The third-order valence-electron chi connectivity index (χ3n) is 6.31. The van der Waals surface area contributed by atoms with Crippen LogP contribution in [-0.4, -0.2) is 39.7 Å². The lowest BCUT2D eigenvalue weighted by atomic mass is 10.0. The zero-order valence-corrected chi connectivity index (χ0v) is 23.2. The van der Waals surface area contributed by atoms with Gasteiger partial charge in [0.25, 0.3) is 0 Å². The van der Waals surface area contributed by atoms with E-state index in [0.29, 0.717) is 0 Å². The fourth-order valence-electron chi connectivity index (χ4n) is 4.24. The van der Waals surface area contributed by atoms with Gasteiger partial charge < -0.3 is 16.9 Å². The van der Waals surface area contributed by atoms with Gasteiger partial charge in [-0.3, -0.25) is 0 Å². The Bertz CT molecular complexity index is 325.